The number of carbonyl (C=O) groups excluding carboxylic acids is 1. The van der Waals surface area contributed by atoms with Gasteiger partial charge in [0.05, 0.1) is 31.9 Å². The molecule has 2 aromatic carbocycles. The maximum atomic E-state index is 12.7. The molecule has 0 bridgehead atoms. The van der Waals surface area contributed by atoms with Gasteiger partial charge in [-0.05, 0) is 48.6 Å². The smallest absolute Gasteiger partial charge is 0.276 e. The summed E-state index contributed by atoms with van der Waals surface area (Å²) in [6, 6.07) is 20.9. The predicted octanol–water partition coefficient (Wildman–Crippen LogP) is 4.63. The Bertz CT molecular complexity index is 2270. The van der Waals surface area contributed by atoms with E-state index in [0.717, 1.165) is 83.2 Å². The number of aromatic nitrogens is 7. The van der Waals surface area contributed by atoms with Gasteiger partial charge in [0.1, 0.15) is 23.2 Å². The highest BCUT2D eigenvalue weighted by molar-refractivity contribution is 5.78. The molecular weight excluding hydrogens is 761 g/mol. The highest BCUT2D eigenvalue weighted by atomic mass is 16.5. The van der Waals surface area contributed by atoms with Crippen molar-refractivity contribution < 1.29 is 14.3 Å². The summed E-state index contributed by atoms with van der Waals surface area (Å²) in [6.07, 6.45) is 5.37. The summed E-state index contributed by atoms with van der Waals surface area (Å²) >= 11 is 0. The second-order valence-corrected chi connectivity index (χ2v) is 16.8. The SMILES string of the molecule is C.CC1CN(Cc2ccccc2)CC1c1nn2c(C3CCCOC3)ncc2c(=O)[nH]1.CC1CN(Cc2ccccc2)CC1c1nnc(CNC(=O)C2CCCOC2)c(=O)[nH]1. The van der Waals surface area contributed by atoms with E-state index in [1.165, 1.54) is 11.1 Å². The molecule has 0 aliphatic carbocycles. The van der Waals surface area contributed by atoms with Crippen LogP contribution in [-0.4, -0.2) is 103 Å². The van der Waals surface area contributed by atoms with Crippen molar-refractivity contribution in [3.63, 3.8) is 0 Å². The lowest BCUT2D eigenvalue weighted by atomic mass is 9.97. The molecule has 7 heterocycles. The molecule has 4 fully saturated rings. The van der Waals surface area contributed by atoms with Crippen molar-refractivity contribution in [2.24, 2.45) is 17.8 Å². The first-order valence-electron chi connectivity index (χ1n) is 21.2. The summed E-state index contributed by atoms with van der Waals surface area (Å²) in [6.45, 7) is 12.6. The van der Waals surface area contributed by atoms with Gasteiger partial charge in [0.25, 0.3) is 11.1 Å². The standard InChI is InChI=1S/C22H29N5O3.C22H27N5O2.CH4/c1-15-11-27(12-16-6-3-2-4-7-16)13-18(15)20-24-22(29)19(25-26-20)10-23-21(28)17-8-5-9-30-14-17;1-15-11-26(12-16-6-3-2-4-7-16)13-18(15)20-24-22(28)19-10-23-21(27(19)25-20)17-8-5-9-29-14-17;/h2-4,6-7,15,17-18H,5,8-14H2,1H3,(H,23,28)(H,24,26,29);2-4,6-7,10,15,17-18H,5,8-9,11-14H2,1H3,(H,24,25,28);1H4. The third-order valence-electron chi connectivity index (χ3n) is 12.3. The number of nitrogens with one attached hydrogen (secondary N) is 3. The molecule has 4 aliphatic heterocycles. The normalized spacial score (nSPS) is 24.7. The second-order valence-electron chi connectivity index (χ2n) is 16.8. The number of aromatic amines is 2. The zero-order valence-electron chi connectivity index (χ0n) is 34.1. The number of imidazole rings is 1. The number of fused-ring (bicyclic) bond motifs is 1. The first kappa shape index (κ1) is 43.0. The first-order chi connectivity index (χ1) is 28.8. The van der Waals surface area contributed by atoms with Crippen LogP contribution in [-0.2, 0) is 33.9 Å². The van der Waals surface area contributed by atoms with Crippen molar-refractivity contribution in [3.8, 4) is 0 Å². The molecule has 1 amide bonds. The Hall–Kier alpha value is -5.09. The van der Waals surface area contributed by atoms with Crippen LogP contribution >= 0.6 is 0 Å². The number of H-pyrrole nitrogens is 2. The Morgan fingerprint density at radius 1 is 0.767 bits per heavy atom. The van der Waals surface area contributed by atoms with Crippen LogP contribution in [0, 0.1) is 17.8 Å². The largest absolute Gasteiger partial charge is 0.381 e. The predicted molar refractivity (Wildman–Crippen MR) is 228 cm³/mol. The number of hydrogen-bond acceptors (Lipinski definition) is 11. The first-order valence-corrected chi connectivity index (χ1v) is 21.2. The van der Waals surface area contributed by atoms with Gasteiger partial charge < -0.3 is 24.8 Å². The summed E-state index contributed by atoms with van der Waals surface area (Å²) < 4.78 is 12.7. The van der Waals surface area contributed by atoms with Gasteiger partial charge in [-0.1, -0.05) is 81.9 Å². The lowest BCUT2D eigenvalue weighted by molar-refractivity contribution is -0.129. The Morgan fingerprint density at radius 2 is 1.37 bits per heavy atom. The van der Waals surface area contributed by atoms with E-state index in [0.29, 0.717) is 43.0 Å². The fraction of sp³-hybridized carbons (Fsp3) is 0.533. The van der Waals surface area contributed by atoms with Crippen LogP contribution in [0.1, 0.15) is 99.0 Å². The number of ether oxygens (including phenoxy) is 2. The summed E-state index contributed by atoms with van der Waals surface area (Å²) in [4.78, 5) is 52.8. The van der Waals surface area contributed by atoms with Gasteiger partial charge in [0, 0.05) is 70.2 Å². The highest BCUT2D eigenvalue weighted by Crippen LogP contribution is 2.32. The van der Waals surface area contributed by atoms with Crippen LogP contribution in [0.25, 0.3) is 5.52 Å². The molecule has 0 radical (unpaired) electrons. The summed E-state index contributed by atoms with van der Waals surface area (Å²) in [5.41, 5.74) is 2.94. The topological polar surface area (TPSA) is 176 Å². The molecule has 3 aromatic heterocycles. The van der Waals surface area contributed by atoms with Crippen molar-refractivity contribution in [2.75, 3.05) is 52.6 Å². The minimum Gasteiger partial charge on any atom is -0.381 e. The number of amides is 1. The molecular formula is C45H60N10O5. The molecule has 6 atom stereocenters. The van der Waals surface area contributed by atoms with Gasteiger partial charge in [-0.25, -0.2) is 9.50 Å². The van der Waals surface area contributed by atoms with E-state index >= 15 is 0 Å². The molecule has 0 spiro atoms. The Kier molecular flexibility index (Phi) is 14.3. The van der Waals surface area contributed by atoms with E-state index < -0.39 is 0 Å². The van der Waals surface area contributed by atoms with Crippen LogP contribution in [0.15, 0.2) is 76.4 Å². The molecule has 9 rings (SSSR count). The molecule has 3 N–H and O–H groups in total. The van der Waals surface area contributed by atoms with Crippen LogP contribution in [0.3, 0.4) is 0 Å². The van der Waals surface area contributed by atoms with Gasteiger partial charge in [0.15, 0.2) is 5.52 Å². The zero-order valence-corrected chi connectivity index (χ0v) is 34.1. The molecule has 4 saturated heterocycles. The molecule has 15 heteroatoms. The fourth-order valence-corrected chi connectivity index (χ4v) is 9.03. The Morgan fingerprint density at radius 3 is 1.95 bits per heavy atom. The number of hydrogen-bond donors (Lipinski definition) is 3. The lowest BCUT2D eigenvalue weighted by Gasteiger charge is -2.21. The summed E-state index contributed by atoms with van der Waals surface area (Å²) in [7, 11) is 0. The number of rotatable bonds is 10. The molecule has 4 aliphatic rings. The van der Waals surface area contributed by atoms with E-state index in [-0.39, 0.29) is 60.4 Å². The van der Waals surface area contributed by atoms with Crippen LogP contribution in [0.4, 0.5) is 0 Å². The van der Waals surface area contributed by atoms with Crippen LogP contribution in [0.5, 0.6) is 0 Å². The Balaban J connectivity index is 0.000000179. The summed E-state index contributed by atoms with van der Waals surface area (Å²) in [5, 5.41) is 16.1. The van der Waals surface area contributed by atoms with Gasteiger partial charge in [-0.2, -0.15) is 5.10 Å². The van der Waals surface area contributed by atoms with E-state index in [9.17, 15) is 14.4 Å². The van der Waals surface area contributed by atoms with E-state index in [2.05, 4.69) is 90.5 Å². The van der Waals surface area contributed by atoms with Crippen molar-refractivity contribution in [1.29, 1.82) is 0 Å². The number of likely N-dealkylation sites (tertiary alicyclic amines) is 2. The van der Waals surface area contributed by atoms with Gasteiger partial charge in [-0.15, -0.1) is 10.2 Å². The van der Waals surface area contributed by atoms with Gasteiger partial charge >= 0.3 is 0 Å². The second kappa shape index (κ2) is 20.0. The monoisotopic (exact) mass is 820 g/mol. The third-order valence-corrected chi connectivity index (χ3v) is 12.3. The Labute approximate surface area is 351 Å². The average molecular weight is 821 g/mol. The molecule has 6 unspecified atom stereocenters. The van der Waals surface area contributed by atoms with E-state index in [1.54, 1.807) is 10.7 Å². The molecule has 0 saturated carbocycles. The van der Waals surface area contributed by atoms with Crippen molar-refractivity contribution >= 4 is 11.4 Å². The third kappa shape index (κ3) is 10.3. The van der Waals surface area contributed by atoms with Crippen molar-refractivity contribution in [3.05, 3.63) is 122 Å². The number of carbonyl (C=O) groups is 1. The molecule has 60 heavy (non-hydrogen) atoms. The maximum Gasteiger partial charge on any atom is 0.276 e. The van der Waals surface area contributed by atoms with Crippen molar-refractivity contribution in [2.45, 2.75) is 84.3 Å². The molecule has 5 aromatic rings. The maximum absolute atomic E-state index is 12.7. The number of nitrogens with zero attached hydrogens (tertiary/aromatic N) is 7. The fourth-order valence-electron chi connectivity index (χ4n) is 9.03. The highest BCUT2D eigenvalue weighted by Gasteiger charge is 2.35. The average Bonchev–Trinajstić information content (AvgIpc) is 3.97. The molecule has 320 valence electrons. The summed E-state index contributed by atoms with van der Waals surface area (Å²) in [5.74, 6) is 3.31. The zero-order chi connectivity index (χ0) is 40.7. The lowest BCUT2D eigenvalue weighted by Crippen LogP contribution is -2.37. The van der Waals surface area contributed by atoms with Crippen LogP contribution < -0.4 is 16.4 Å². The van der Waals surface area contributed by atoms with Crippen molar-refractivity contribution in [1.82, 2.24) is 49.9 Å². The van der Waals surface area contributed by atoms with Gasteiger partial charge in [0.2, 0.25) is 5.91 Å². The van der Waals surface area contributed by atoms with Crippen LogP contribution in [0.2, 0.25) is 0 Å². The molecule has 15 nitrogen and oxygen atoms in total. The van der Waals surface area contributed by atoms with E-state index in [4.69, 9.17) is 14.6 Å². The quantitative estimate of drug-likeness (QED) is 0.179. The van der Waals surface area contributed by atoms with Gasteiger partial charge in [-0.3, -0.25) is 24.2 Å². The minimum atomic E-state index is -0.283. The van der Waals surface area contributed by atoms with E-state index in [1.807, 2.05) is 24.3 Å². The minimum absolute atomic E-state index is 0. The number of benzene rings is 2.